The van der Waals surface area contributed by atoms with Crippen LogP contribution in [0.25, 0.3) is 0 Å². The normalized spacial score (nSPS) is 13.8. The molecule has 0 aliphatic carbocycles. The van der Waals surface area contributed by atoms with E-state index in [9.17, 15) is 35.5 Å². The lowest BCUT2D eigenvalue weighted by molar-refractivity contribution is -0.367. The number of hydrogen-bond acceptors (Lipinski definition) is 4. The van der Waals surface area contributed by atoms with Crippen LogP contribution < -0.4 is 5.82 Å². The highest BCUT2D eigenvalue weighted by molar-refractivity contribution is 4.94. The van der Waals surface area contributed by atoms with Crippen LogP contribution in [0.4, 0.5) is 30.7 Å². The van der Waals surface area contributed by atoms with E-state index in [0.29, 0.717) is 6.26 Å². The Morgan fingerprint density at radius 1 is 1.11 bits per heavy atom. The summed E-state index contributed by atoms with van der Waals surface area (Å²) in [5, 5.41) is 0. The molecule has 4 nitrogen and oxygen atoms in total. The molecule has 0 spiro atoms. The average molecular weight is 298 g/mol. The van der Waals surface area contributed by atoms with E-state index in [4.69, 9.17) is 0 Å². The highest BCUT2D eigenvalue weighted by atomic mass is 19.4. The van der Waals surface area contributed by atoms with Gasteiger partial charge in [0.1, 0.15) is 12.9 Å². The van der Waals surface area contributed by atoms with Crippen molar-refractivity contribution in [2.24, 2.45) is 0 Å². The summed E-state index contributed by atoms with van der Waals surface area (Å²) in [5.41, 5.74) is 0. The van der Waals surface area contributed by atoms with Crippen molar-refractivity contribution in [3.63, 3.8) is 0 Å². The summed E-state index contributed by atoms with van der Waals surface area (Å²) in [4.78, 5) is 10.3. The number of ether oxygens (including phenoxy) is 1. The zero-order valence-corrected chi connectivity index (χ0v) is 8.77. The maximum absolute atomic E-state index is 13.0. The lowest BCUT2D eigenvalue weighted by atomic mass is 10.2. The van der Waals surface area contributed by atoms with Crippen LogP contribution in [0.3, 0.4) is 0 Å². The largest absolute Gasteiger partial charge is 0.518 e. The summed E-state index contributed by atoms with van der Waals surface area (Å²) in [6.07, 6.45) is -12.1. The fourth-order valence-electron chi connectivity index (χ4n) is 0.947. The Labute approximate surface area is 99.3 Å². The Balaban J connectivity index is 2.76. The van der Waals surface area contributed by atoms with Crippen LogP contribution in [-0.4, -0.2) is 24.8 Å². The lowest BCUT2D eigenvalue weighted by Gasteiger charge is -2.25. The monoisotopic (exact) mass is 298 g/mol. The van der Waals surface area contributed by atoms with Gasteiger partial charge >= 0.3 is 24.0 Å². The molecule has 0 saturated carbocycles. The van der Waals surface area contributed by atoms with Gasteiger partial charge in [-0.2, -0.15) is 30.7 Å². The summed E-state index contributed by atoms with van der Waals surface area (Å²) in [5.74, 6) is -7.38. The van der Waals surface area contributed by atoms with E-state index in [0.717, 1.165) is 0 Å². The third-order valence-corrected chi connectivity index (χ3v) is 1.74. The van der Waals surface area contributed by atoms with E-state index in [1.54, 1.807) is 0 Å². The fourth-order valence-corrected chi connectivity index (χ4v) is 0.947. The zero-order valence-electron chi connectivity index (χ0n) is 8.77. The SMILES string of the molecule is O=c1occ(CC(F)(F)C(F)(F)OCC(F)(F)F)o1. The van der Waals surface area contributed by atoms with Gasteiger partial charge in [-0.3, -0.25) is 0 Å². The molecule has 1 rings (SSSR count). The minimum Gasteiger partial charge on any atom is -0.399 e. The summed E-state index contributed by atoms with van der Waals surface area (Å²) < 4.78 is 97.3. The van der Waals surface area contributed by atoms with Crippen LogP contribution in [0.15, 0.2) is 19.9 Å². The molecule has 0 aromatic carbocycles. The van der Waals surface area contributed by atoms with Crippen molar-refractivity contribution in [3.05, 3.63) is 22.6 Å². The first kappa shape index (κ1) is 15.5. The van der Waals surface area contributed by atoms with Gasteiger partial charge < -0.3 is 13.6 Å². The van der Waals surface area contributed by atoms with Gasteiger partial charge in [0.15, 0.2) is 5.76 Å². The van der Waals surface area contributed by atoms with Gasteiger partial charge in [-0.05, 0) is 0 Å². The topological polar surface area (TPSA) is 52.6 Å². The van der Waals surface area contributed by atoms with Crippen molar-refractivity contribution >= 4 is 0 Å². The van der Waals surface area contributed by atoms with Crippen molar-refractivity contribution < 1.29 is 44.3 Å². The van der Waals surface area contributed by atoms with Gasteiger partial charge in [0.2, 0.25) is 0 Å². The molecule has 11 heteroatoms. The molecule has 0 amide bonds. The van der Waals surface area contributed by atoms with Gasteiger partial charge in [-0.15, -0.1) is 0 Å². The Kier molecular flexibility index (Phi) is 3.98. The standard InChI is InChI=1S/C8H5F7O4/c9-6(10,1-4-2-17-5(16)19-4)8(14,15)18-3-7(11,12)13/h2H,1,3H2. The van der Waals surface area contributed by atoms with Gasteiger partial charge in [0.25, 0.3) is 0 Å². The van der Waals surface area contributed by atoms with Gasteiger partial charge in [0, 0.05) is 0 Å². The second-order valence-corrected chi connectivity index (χ2v) is 3.36. The van der Waals surface area contributed by atoms with Crippen molar-refractivity contribution in [2.75, 3.05) is 6.61 Å². The fraction of sp³-hybridized carbons (Fsp3) is 0.625. The molecule has 1 aromatic rings. The summed E-state index contributed by atoms with van der Waals surface area (Å²) in [6.45, 7) is -2.55. The predicted octanol–water partition coefficient (Wildman–Crippen LogP) is 2.58. The Morgan fingerprint density at radius 2 is 1.68 bits per heavy atom. The molecule has 0 aliphatic rings. The van der Waals surface area contributed by atoms with Crippen LogP contribution >= 0.6 is 0 Å². The molecule has 0 fully saturated rings. The molecule has 0 atom stereocenters. The molecule has 0 N–H and O–H groups in total. The molecule has 1 heterocycles. The van der Waals surface area contributed by atoms with Crippen molar-refractivity contribution in [3.8, 4) is 0 Å². The highest BCUT2D eigenvalue weighted by Crippen LogP contribution is 2.38. The third kappa shape index (κ3) is 4.26. The minimum atomic E-state index is -5.39. The van der Waals surface area contributed by atoms with Crippen LogP contribution in [0.2, 0.25) is 0 Å². The number of hydrogen-bond donors (Lipinski definition) is 0. The number of rotatable bonds is 5. The van der Waals surface area contributed by atoms with Gasteiger partial charge in [0.05, 0.1) is 6.42 Å². The molecule has 110 valence electrons. The average Bonchev–Trinajstić information content (AvgIpc) is 2.59. The third-order valence-electron chi connectivity index (χ3n) is 1.74. The molecule has 19 heavy (non-hydrogen) atoms. The van der Waals surface area contributed by atoms with Crippen LogP contribution in [-0.2, 0) is 11.2 Å². The first-order valence-electron chi connectivity index (χ1n) is 4.47. The maximum Gasteiger partial charge on any atom is 0.518 e. The van der Waals surface area contributed by atoms with Crippen molar-refractivity contribution in [1.29, 1.82) is 0 Å². The first-order valence-corrected chi connectivity index (χ1v) is 4.47. The number of alkyl halides is 7. The second-order valence-electron chi connectivity index (χ2n) is 3.36. The van der Waals surface area contributed by atoms with Gasteiger partial charge in [-0.1, -0.05) is 0 Å². The van der Waals surface area contributed by atoms with Crippen molar-refractivity contribution in [1.82, 2.24) is 0 Å². The maximum atomic E-state index is 13.0. The molecule has 0 saturated heterocycles. The smallest absolute Gasteiger partial charge is 0.399 e. The molecular weight excluding hydrogens is 293 g/mol. The van der Waals surface area contributed by atoms with E-state index in [2.05, 4.69) is 13.6 Å². The summed E-state index contributed by atoms with van der Waals surface area (Å²) in [6, 6.07) is 0. The summed E-state index contributed by atoms with van der Waals surface area (Å²) in [7, 11) is 0. The molecule has 0 radical (unpaired) electrons. The van der Waals surface area contributed by atoms with Crippen LogP contribution in [0.1, 0.15) is 5.76 Å². The number of halogens is 7. The Hall–Kier alpha value is -1.52. The second kappa shape index (κ2) is 4.87. The van der Waals surface area contributed by atoms with Gasteiger partial charge in [-0.25, -0.2) is 4.79 Å². The molecule has 1 aromatic heterocycles. The molecular formula is C8H5F7O4. The lowest BCUT2D eigenvalue weighted by Crippen LogP contribution is -2.46. The Morgan fingerprint density at radius 3 is 2.11 bits per heavy atom. The van der Waals surface area contributed by atoms with E-state index in [1.165, 1.54) is 0 Å². The van der Waals surface area contributed by atoms with E-state index in [1.807, 2.05) is 0 Å². The van der Waals surface area contributed by atoms with Crippen LogP contribution in [0, 0.1) is 0 Å². The van der Waals surface area contributed by atoms with Crippen molar-refractivity contribution in [2.45, 2.75) is 24.6 Å². The van der Waals surface area contributed by atoms with E-state index >= 15 is 0 Å². The van der Waals surface area contributed by atoms with Crippen LogP contribution in [0.5, 0.6) is 0 Å². The molecule has 0 unspecified atom stereocenters. The Bertz CT molecular complexity index is 472. The molecule has 0 aliphatic heterocycles. The quantitative estimate of drug-likeness (QED) is 0.784. The highest BCUT2D eigenvalue weighted by Gasteiger charge is 2.59. The zero-order chi connectivity index (χ0) is 14.9. The first-order chi connectivity index (χ1) is 8.43. The van der Waals surface area contributed by atoms with E-state index < -0.39 is 42.8 Å². The summed E-state index contributed by atoms with van der Waals surface area (Å²) >= 11 is 0. The minimum absolute atomic E-state index is 0.343. The molecule has 0 bridgehead atoms. The predicted molar refractivity (Wildman–Crippen MR) is 42.8 cm³/mol. The van der Waals surface area contributed by atoms with E-state index in [-0.39, 0.29) is 0 Å².